The maximum atomic E-state index is 9.13. The number of hydrogen-bond acceptors (Lipinski definition) is 5. The molecule has 0 radical (unpaired) electrons. The van der Waals surface area contributed by atoms with E-state index in [-0.39, 0.29) is 0 Å². The molecule has 0 amide bonds. The third kappa shape index (κ3) is 3.57. The summed E-state index contributed by atoms with van der Waals surface area (Å²) in [6.45, 7) is 0. The maximum absolute atomic E-state index is 9.13. The normalized spacial score (nSPS) is 10.0. The van der Waals surface area contributed by atoms with Crippen LogP contribution in [0.1, 0.15) is 5.56 Å². The Morgan fingerprint density at radius 1 is 0.917 bits per heavy atom. The summed E-state index contributed by atoms with van der Waals surface area (Å²) in [5, 5.41) is 16.1. The molecule has 0 atom stereocenters. The minimum absolute atomic E-state index is 0.362. The molecule has 3 rings (SSSR count). The lowest BCUT2D eigenvalue weighted by Crippen LogP contribution is -2.01. The van der Waals surface area contributed by atoms with Gasteiger partial charge in [-0.05, 0) is 30.3 Å². The van der Waals surface area contributed by atoms with Crippen molar-refractivity contribution in [3.05, 3.63) is 70.3 Å². The van der Waals surface area contributed by atoms with Gasteiger partial charge >= 0.3 is 0 Å². The molecule has 0 spiro atoms. The molecule has 24 heavy (non-hydrogen) atoms. The van der Waals surface area contributed by atoms with Crippen LogP contribution in [0.5, 0.6) is 0 Å². The molecule has 118 valence electrons. The fourth-order valence-corrected chi connectivity index (χ4v) is 2.38. The van der Waals surface area contributed by atoms with Crippen molar-refractivity contribution in [2.24, 2.45) is 0 Å². The van der Waals surface area contributed by atoms with Crippen LogP contribution >= 0.6 is 23.2 Å². The fourth-order valence-electron chi connectivity index (χ4n) is 2.04. The Bertz CT molecular complexity index is 921. The summed E-state index contributed by atoms with van der Waals surface area (Å²) in [7, 11) is 0. The van der Waals surface area contributed by atoms with Gasteiger partial charge in [0.25, 0.3) is 0 Å². The van der Waals surface area contributed by atoms with Gasteiger partial charge in [-0.25, -0.2) is 4.98 Å². The first kappa shape index (κ1) is 16.1. The molecule has 0 fully saturated rings. The van der Waals surface area contributed by atoms with Crippen LogP contribution in [-0.2, 0) is 0 Å². The second-order valence-electron chi connectivity index (χ2n) is 4.77. The van der Waals surface area contributed by atoms with Crippen LogP contribution in [0.15, 0.2) is 54.7 Å². The monoisotopic (exact) mass is 355 g/mol. The van der Waals surface area contributed by atoms with E-state index >= 15 is 0 Å². The third-order valence-electron chi connectivity index (χ3n) is 3.16. The number of anilines is 4. The number of nitrogens with one attached hydrogen (secondary N) is 2. The van der Waals surface area contributed by atoms with Gasteiger partial charge in [0.15, 0.2) is 0 Å². The number of aromatic nitrogens is 2. The van der Waals surface area contributed by atoms with Gasteiger partial charge in [0.2, 0.25) is 5.95 Å². The van der Waals surface area contributed by atoms with Crippen molar-refractivity contribution < 1.29 is 0 Å². The number of nitriles is 1. The first-order chi connectivity index (χ1) is 11.7. The van der Waals surface area contributed by atoms with Crippen LogP contribution in [0.4, 0.5) is 23.1 Å². The average Bonchev–Trinajstić information content (AvgIpc) is 2.60. The Balaban J connectivity index is 1.84. The molecule has 0 bridgehead atoms. The first-order valence-corrected chi connectivity index (χ1v) is 7.73. The zero-order chi connectivity index (χ0) is 16.9. The topological polar surface area (TPSA) is 73.6 Å². The quantitative estimate of drug-likeness (QED) is 0.677. The van der Waals surface area contributed by atoms with Crippen molar-refractivity contribution in [3.63, 3.8) is 0 Å². The van der Waals surface area contributed by atoms with Gasteiger partial charge in [0.1, 0.15) is 11.9 Å². The lowest BCUT2D eigenvalue weighted by atomic mass is 10.2. The molecule has 0 aliphatic carbocycles. The van der Waals surface area contributed by atoms with Crippen LogP contribution in [0.3, 0.4) is 0 Å². The van der Waals surface area contributed by atoms with E-state index in [4.69, 9.17) is 28.5 Å². The number of rotatable bonds is 4. The molecule has 2 N–H and O–H groups in total. The Hall–Kier alpha value is -2.81. The van der Waals surface area contributed by atoms with Gasteiger partial charge < -0.3 is 10.6 Å². The third-order valence-corrected chi connectivity index (χ3v) is 3.98. The molecule has 7 heteroatoms. The molecule has 1 heterocycles. The molecule has 0 saturated heterocycles. The Morgan fingerprint density at radius 3 is 2.54 bits per heavy atom. The molecule has 1 aromatic heterocycles. The van der Waals surface area contributed by atoms with Crippen molar-refractivity contribution in [3.8, 4) is 6.07 Å². The van der Waals surface area contributed by atoms with Crippen LogP contribution in [0.25, 0.3) is 0 Å². The van der Waals surface area contributed by atoms with Crippen molar-refractivity contribution >= 4 is 46.3 Å². The van der Waals surface area contributed by atoms with Gasteiger partial charge in [0.05, 0.1) is 27.0 Å². The Morgan fingerprint density at radius 2 is 1.71 bits per heavy atom. The molecule has 3 aromatic rings. The Kier molecular flexibility index (Phi) is 4.80. The minimum Gasteiger partial charge on any atom is -0.339 e. The summed E-state index contributed by atoms with van der Waals surface area (Å²) < 4.78 is 0. The molecule has 0 saturated carbocycles. The summed E-state index contributed by atoms with van der Waals surface area (Å²) >= 11 is 12.2. The highest BCUT2D eigenvalue weighted by Crippen LogP contribution is 2.31. The standard InChI is InChI=1S/C17H11Cl2N5/c18-12-5-3-7-14(16(12)19)22-15-8-9-21-17(24-15)23-13-6-2-1-4-11(13)10-20/h1-9H,(H2,21,22,23,24). The fraction of sp³-hybridized carbons (Fsp3) is 0. The second kappa shape index (κ2) is 7.18. The molecule has 0 aliphatic heterocycles. The van der Waals surface area contributed by atoms with Crippen LogP contribution in [-0.4, -0.2) is 9.97 Å². The summed E-state index contributed by atoms with van der Waals surface area (Å²) in [6, 6.07) is 16.3. The number of nitrogens with zero attached hydrogens (tertiary/aromatic N) is 3. The number of halogens is 2. The van der Waals surface area contributed by atoms with Gasteiger partial charge in [-0.3, -0.25) is 0 Å². The van der Waals surface area contributed by atoms with E-state index < -0.39 is 0 Å². The first-order valence-electron chi connectivity index (χ1n) is 6.97. The van der Waals surface area contributed by atoms with Gasteiger partial charge in [-0.2, -0.15) is 10.2 Å². The molecular formula is C17H11Cl2N5. The number of para-hydroxylation sites is 1. The second-order valence-corrected chi connectivity index (χ2v) is 5.56. The minimum atomic E-state index is 0.362. The van der Waals surface area contributed by atoms with Crippen LogP contribution in [0.2, 0.25) is 10.0 Å². The smallest absolute Gasteiger partial charge is 0.229 e. The maximum Gasteiger partial charge on any atom is 0.229 e. The number of benzene rings is 2. The van der Waals surface area contributed by atoms with E-state index in [1.54, 1.807) is 48.7 Å². The lowest BCUT2D eigenvalue weighted by Gasteiger charge is -2.10. The highest BCUT2D eigenvalue weighted by atomic mass is 35.5. The van der Waals surface area contributed by atoms with Crippen LogP contribution in [0, 0.1) is 11.3 Å². The van der Waals surface area contributed by atoms with Crippen molar-refractivity contribution in [2.45, 2.75) is 0 Å². The molecule has 2 aromatic carbocycles. The van der Waals surface area contributed by atoms with Gasteiger partial charge in [-0.15, -0.1) is 0 Å². The summed E-state index contributed by atoms with van der Waals surface area (Å²) in [4.78, 5) is 8.53. The summed E-state index contributed by atoms with van der Waals surface area (Å²) in [5.74, 6) is 0.909. The highest BCUT2D eigenvalue weighted by molar-refractivity contribution is 6.43. The van der Waals surface area contributed by atoms with Gasteiger partial charge in [0, 0.05) is 6.20 Å². The predicted octanol–water partition coefficient (Wildman–Crippen LogP) is 5.14. The summed E-state index contributed by atoms with van der Waals surface area (Å²) in [6.07, 6.45) is 1.60. The van der Waals surface area contributed by atoms with E-state index in [2.05, 4.69) is 26.7 Å². The number of hydrogen-bond donors (Lipinski definition) is 2. The zero-order valence-corrected chi connectivity index (χ0v) is 13.8. The SMILES string of the molecule is N#Cc1ccccc1Nc1nccc(Nc2cccc(Cl)c2Cl)n1. The molecule has 0 aliphatic rings. The predicted molar refractivity (Wildman–Crippen MR) is 96.2 cm³/mol. The van der Waals surface area contributed by atoms with E-state index in [0.29, 0.717) is 38.7 Å². The lowest BCUT2D eigenvalue weighted by molar-refractivity contribution is 1.16. The van der Waals surface area contributed by atoms with Crippen molar-refractivity contribution in [1.29, 1.82) is 5.26 Å². The van der Waals surface area contributed by atoms with Crippen LogP contribution < -0.4 is 10.6 Å². The van der Waals surface area contributed by atoms with Crippen molar-refractivity contribution in [2.75, 3.05) is 10.6 Å². The van der Waals surface area contributed by atoms with E-state index in [9.17, 15) is 0 Å². The van der Waals surface area contributed by atoms with E-state index in [1.165, 1.54) is 0 Å². The highest BCUT2D eigenvalue weighted by Gasteiger charge is 2.07. The van der Waals surface area contributed by atoms with Crippen molar-refractivity contribution in [1.82, 2.24) is 9.97 Å². The van der Waals surface area contributed by atoms with Gasteiger partial charge in [-0.1, -0.05) is 41.4 Å². The molecule has 5 nitrogen and oxygen atoms in total. The Labute approximate surface area is 148 Å². The molecular weight excluding hydrogens is 345 g/mol. The van der Waals surface area contributed by atoms with E-state index in [0.717, 1.165) is 0 Å². The van der Waals surface area contributed by atoms with E-state index in [1.807, 2.05) is 6.07 Å². The largest absolute Gasteiger partial charge is 0.339 e. The summed E-state index contributed by atoms with van der Waals surface area (Å²) in [5.41, 5.74) is 1.79. The molecule has 0 unspecified atom stereocenters. The average molecular weight is 356 g/mol. The zero-order valence-electron chi connectivity index (χ0n) is 12.3.